The lowest BCUT2D eigenvalue weighted by molar-refractivity contribution is -0.164. The van der Waals surface area contributed by atoms with Crippen molar-refractivity contribution in [2.75, 3.05) is 0 Å². The van der Waals surface area contributed by atoms with Crippen molar-refractivity contribution in [1.82, 2.24) is 20.9 Å². The average Bonchev–Trinajstić information content (AvgIpc) is 3.63. The van der Waals surface area contributed by atoms with Crippen molar-refractivity contribution < 1.29 is 38.1 Å². The molecule has 4 aromatic carbocycles. The maximum absolute atomic E-state index is 14.7. The average molecular weight is 893 g/mol. The molecule has 0 saturated carbocycles. The van der Waals surface area contributed by atoms with Gasteiger partial charge in [-0.3, -0.25) is 9.59 Å². The van der Waals surface area contributed by atoms with Gasteiger partial charge in [-0.15, -0.1) is 0 Å². The number of carbonyl (C=O) groups excluding carboxylic acids is 4. The third-order valence-electron chi connectivity index (χ3n) is 11.5. The van der Waals surface area contributed by atoms with Crippen LogP contribution in [0.5, 0.6) is 0 Å². The summed E-state index contributed by atoms with van der Waals surface area (Å²) < 4.78 is 25.0. The molecule has 65 heavy (non-hydrogen) atoms. The number of hydrogen-bond acceptors (Lipinski definition) is 10. The number of amides is 4. The van der Waals surface area contributed by atoms with Crippen LogP contribution < -0.4 is 22.3 Å². The Bertz CT molecular complexity index is 1930. The molecular formula is C51H68N6O8. The van der Waals surface area contributed by atoms with E-state index in [0.717, 1.165) is 22.3 Å². The number of nitrogens with two attached hydrogens (primary N) is 2. The smallest absolute Gasteiger partial charge is 0.426 e. The molecule has 5 rings (SSSR count). The second kappa shape index (κ2) is 24.5. The van der Waals surface area contributed by atoms with E-state index < -0.39 is 66.2 Å². The summed E-state index contributed by atoms with van der Waals surface area (Å²) >= 11 is 0. The van der Waals surface area contributed by atoms with Gasteiger partial charge in [0.15, 0.2) is 5.79 Å². The second-order valence-corrected chi connectivity index (χ2v) is 17.8. The van der Waals surface area contributed by atoms with E-state index in [-0.39, 0.29) is 25.0 Å². The van der Waals surface area contributed by atoms with E-state index in [1.54, 1.807) is 13.8 Å². The summed E-state index contributed by atoms with van der Waals surface area (Å²) in [7, 11) is 0. The van der Waals surface area contributed by atoms with Crippen LogP contribution in [0.2, 0.25) is 0 Å². The number of carbonyl (C=O) groups is 4. The molecule has 0 spiro atoms. The van der Waals surface area contributed by atoms with E-state index in [1.165, 1.54) is 10.0 Å². The van der Waals surface area contributed by atoms with Crippen molar-refractivity contribution in [2.24, 2.45) is 23.3 Å². The summed E-state index contributed by atoms with van der Waals surface area (Å²) in [6.07, 6.45) is -0.787. The summed E-state index contributed by atoms with van der Waals surface area (Å²) in [5.41, 5.74) is 22.4. The largest absolute Gasteiger partial charge is 0.443 e. The zero-order chi connectivity index (χ0) is 46.9. The molecule has 0 aromatic heterocycles. The summed E-state index contributed by atoms with van der Waals surface area (Å²) in [6.45, 7) is 10.7. The van der Waals surface area contributed by atoms with Gasteiger partial charge >= 0.3 is 12.2 Å². The van der Waals surface area contributed by atoms with Gasteiger partial charge < -0.3 is 30.4 Å². The second-order valence-electron chi connectivity index (χ2n) is 17.8. The predicted molar refractivity (Wildman–Crippen MR) is 249 cm³/mol. The fourth-order valence-corrected chi connectivity index (χ4v) is 7.81. The SMILES string of the molecule is CC(C)[C@H](N)C(=O)N(NC(=O)OCc1ccccc1)[C@@H](CCCc1ccccc1)[C@H]1OC(C)(C)O[C@@H]1[C@H](CCCc1ccccc1)N(NC(=O)OCc1ccccc1)C(=O)[C@@H](N)C(C)C. The maximum atomic E-state index is 14.7. The van der Waals surface area contributed by atoms with E-state index in [0.29, 0.717) is 38.5 Å². The van der Waals surface area contributed by atoms with Gasteiger partial charge in [-0.25, -0.2) is 30.5 Å². The van der Waals surface area contributed by atoms with Crippen LogP contribution in [0, 0.1) is 11.8 Å². The fraction of sp³-hybridized carbons (Fsp3) is 0.451. The van der Waals surface area contributed by atoms with Crippen molar-refractivity contribution in [3.8, 4) is 0 Å². The number of nitrogens with one attached hydrogen (secondary N) is 2. The number of benzene rings is 4. The van der Waals surface area contributed by atoms with Crippen molar-refractivity contribution in [2.45, 2.75) is 135 Å². The van der Waals surface area contributed by atoms with Crippen molar-refractivity contribution >= 4 is 24.0 Å². The molecule has 6 atom stereocenters. The molecule has 14 heteroatoms. The summed E-state index contributed by atoms with van der Waals surface area (Å²) in [6, 6.07) is 34.4. The standard InChI is InChI=1S/C51H68N6O8/c1-35(2)43(52)47(58)56(54-49(60)62-33-39-25-15-9-16-26-39)41(31-19-29-37-21-11-7-12-22-37)45-46(65-51(5,6)64-45)42(32-20-30-38-23-13-8-14-24-38)57(48(59)44(53)36(3)4)55-50(61)63-34-40-27-17-10-18-28-40/h7-18,21-28,35-36,41-46H,19-20,29-34,52-53H2,1-6H3,(H,54,60)(H,55,61)/t41-,42-,43-,44-,45+,46+/m0/s1. The Hall–Kier alpha value is -5.80. The van der Waals surface area contributed by atoms with Crippen LogP contribution in [0.3, 0.4) is 0 Å². The zero-order valence-corrected chi connectivity index (χ0v) is 38.6. The molecular weight excluding hydrogens is 825 g/mol. The van der Waals surface area contributed by atoms with Gasteiger partial charge in [0.05, 0.1) is 24.2 Å². The van der Waals surface area contributed by atoms with Gasteiger partial charge in [0.2, 0.25) is 0 Å². The highest BCUT2D eigenvalue weighted by Crippen LogP contribution is 2.38. The summed E-state index contributed by atoms with van der Waals surface area (Å²) in [4.78, 5) is 57.0. The molecule has 6 N–H and O–H groups in total. The molecule has 350 valence electrons. The van der Waals surface area contributed by atoms with E-state index in [2.05, 4.69) is 10.9 Å². The molecule has 0 unspecified atom stereocenters. The number of aryl methyl sites for hydroxylation is 2. The number of nitrogens with zero attached hydrogens (tertiary/aromatic N) is 2. The third-order valence-corrected chi connectivity index (χ3v) is 11.5. The number of ether oxygens (including phenoxy) is 4. The van der Waals surface area contributed by atoms with Gasteiger partial charge in [-0.05, 0) is 86.5 Å². The predicted octanol–water partition coefficient (Wildman–Crippen LogP) is 7.60. The highest BCUT2D eigenvalue weighted by Gasteiger charge is 2.53. The van der Waals surface area contributed by atoms with Crippen LogP contribution in [-0.4, -0.2) is 76.2 Å². The Morgan fingerprint density at radius 3 is 1.17 bits per heavy atom. The zero-order valence-electron chi connectivity index (χ0n) is 38.6. The Kier molecular flexibility index (Phi) is 18.9. The van der Waals surface area contributed by atoms with Crippen LogP contribution >= 0.6 is 0 Å². The molecule has 0 radical (unpaired) electrons. The molecule has 0 aliphatic carbocycles. The van der Waals surface area contributed by atoms with Crippen LogP contribution in [0.4, 0.5) is 9.59 Å². The Morgan fingerprint density at radius 1 is 0.554 bits per heavy atom. The molecule has 1 aliphatic rings. The number of rotatable bonds is 20. The summed E-state index contributed by atoms with van der Waals surface area (Å²) in [5, 5.41) is 2.47. The number of hydrazine groups is 2. The van der Waals surface area contributed by atoms with Crippen molar-refractivity contribution in [1.29, 1.82) is 0 Å². The molecule has 1 saturated heterocycles. The van der Waals surface area contributed by atoms with Gasteiger partial charge in [0.1, 0.15) is 25.4 Å². The van der Waals surface area contributed by atoms with Crippen LogP contribution in [0.25, 0.3) is 0 Å². The lowest BCUT2D eigenvalue weighted by Gasteiger charge is -2.42. The van der Waals surface area contributed by atoms with E-state index in [9.17, 15) is 19.2 Å². The van der Waals surface area contributed by atoms with Gasteiger partial charge in [0, 0.05) is 0 Å². The Labute approximate surface area is 384 Å². The van der Waals surface area contributed by atoms with Gasteiger partial charge in [-0.2, -0.15) is 0 Å². The molecule has 1 heterocycles. The van der Waals surface area contributed by atoms with Crippen molar-refractivity contribution in [3.63, 3.8) is 0 Å². The third kappa shape index (κ3) is 15.1. The van der Waals surface area contributed by atoms with E-state index in [4.69, 9.17) is 30.4 Å². The monoisotopic (exact) mass is 893 g/mol. The topological polar surface area (TPSA) is 188 Å². The highest BCUT2D eigenvalue weighted by molar-refractivity contribution is 5.85. The minimum absolute atomic E-state index is 0.0506. The van der Waals surface area contributed by atoms with E-state index >= 15 is 0 Å². The van der Waals surface area contributed by atoms with Crippen LogP contribution in [0.15, 0.2) is 121 Å². The quantitative estimate of drug-likeness (QED) is 0.0644. The molecule has 4 amide bonds. The van der Waals surface area contributed by atoms with Gasteiger partial charge in [-0.1, -0.05) is 149 Å². The lowest BCUT2D eigenvalue weighted by atomic mass is 9.90. The van der Waals surface area contributed by atoms with Crippen LogP contribution in [-0.2, 0) is 54.6 Å². The van der Waals surface area contributed by atoms with E-state index in [1.807, 2.05) is 149 Å². The first-order chi connectivity index (χ1) is 31.1. The lowest BCUT2D eigenvalue weighted by Crippen LogP contribution is -2.66. The van der Waals surface area contributed by atoms with Gasteiger partial charge in [0.25, 0.3) is 11.8 Å². The normalized spacial score (nSPS) is 17.4. The minimum atomic E-state index is -1.27. The van der Waals surface area contributed by atoms with Crippen molar-refractivity contribution in [3.05, 3.63) is 144 Å². The highest BCUT2D eigenvalue weighted by atomic mass is 16.8. The minimum Gasteiger partial charge on any atom is -0.443 e. The molecule has 4 aromatic rings. The maximum Gasteiger partial charge on any atom is 0.426 e. The Morgan fingerprint density at radius 2 is 0.862 bits per heavy atom. The summed E-state index contributed by atoms with van der Waals surface area (Å²) in [5.74, 6) is -3.02. The molecule has 14 nitrogen and oxygen atoms in total. The molecule has 1 aliphatic heterocycles. The number of hydrogen-bond donors (Lipinski definition) is 4. The first-order valence-corrected chi connectivity index (χ1v) is 22.7. The first-order valence-electron chi connectivity index (χ1n) is 22.7. The first kappa shape index (κ1) is 50.2. The molecule has 0 bridgehead atoms. The Balaban J connectivity index is 1.59. The van der Waals surface area contributed by atoms with Crippen LogP contribution in [0.1, 0.15) is 89.5 Å². The fourth-order valence-electron chi connectivity index (χ4n) is 7.81. The molecule has 1 fully saturated rings.